The fourth-order valence-corrected chi connectivity index (χ4v) is 2.61. The Hall–Kier alpha value is -1.93. The maximum Gasteiger partial charge on any atom is 0.102 e. The maximum absolute atomic E-state index is 9.29. The number of aromatic nitrogens is 2. The first-order chi connectivity index (χ1) is 9.35. The van der Waals surface area contributed by atoms with Gasteiger partial charge in [0.2, 0.25) is 0 Å². The molecule has 2 aromatic rings. The van der Waals surface area contributed by atoms with E-state index in [2.05, 4.69) is 28.3 Å². The van der Waals surface area contributed by atoms with Crippen molar-refractivity contribution in [2.45, 2.75) is 18.2 Å². The third-order valence-corrected chi connectivity index (χ3v) is 3.64. The zero-order valence-electron chi connectivity index (χ0n) is 10.8. The van der Waals surface area contributed by atoms with Crippen LogP contribution in [0.4, 0.5) is 5.69 Å². The molecule has 0 atom stereocenters. The molecule has 4 nitrogen and oxygen atoms in total. The second kappa shape index (κ2) is 6.86. The van der Waals surface area contributed by atoms with Gasteiger partial charge in [-0.2, -0.15) is 5.26 Å². The number of hydrogen-bond donors (Lipinski definition) is 2. The minimum atomic E-state index is 0.735. The maximum atomic E-state index is 9.29. The molecule has 2 N–H and O–H groups in total. The van der Waals surface area contributed by atoms with Crippen LogP contribution in [0.1, 0.15) is 18.2 Å². The van der Waals surface area contributed by atoms with Crippen molar-refractivity contribution in [3.8, 4) is 6.07 Å². The summed E-state index contributed by atoms with van der Waals surface area (Å²) >= 11 is 1.69. The third-order valence-electron chi connectivity index (χ3n) is 2.70. The molecule has 0 saturated heterocycles. The molecule has 1 aromatic heterocycles. The Morgan fingerprint density at radius 1 is 1.47 bits per heavy atom. The van der Waals surface area contributed by atoms with Gasteiger partial charge in [-0.25, -0.2) is 4.98 Å². The van der Waals surface area contributed by atoms with Gasteiger partial charge in [0.1, 0.15) is 6.07 Å². The Kier molecular flexibility index (Phi) is 4.87. The van der Waals surface area contributed by atoms with Crippen molar-refractivity contribution in [1.82, 2.24) is 9.97 Å². The SMILES string of the molecule is CCSc1cccc(NCCc2cnc[nH]2)c1C#N. The van der Waals surface area contributed by atoms with E-state index in [1.165, 1.54) is 0 Å². The van der Waals surface area contributed by atoms with Crippen LogP contribution < -0.4 is 5.32 Å². The first-order valence-electron chi connectivity index (χ1n) is 6.22. The predicted octanol–water partition coefficient (Wildman–Crippen LogP) is 3.05. The molecule has 0 aliphatic rings. The Labute approximate surface area is 117 Å². The van der Waals surface area contributed by atoms with E-state index in [9.17, 15) is 5.26 Å². The third kappa shape index (κ3) is 3.52. The van der Waals surface area contributed by atoms with E-state index in [1.54, 1.807) is 18.1 Å². The van der Waals surface area contributed by atoms with Crippen LogP contribution in [0.25, 0.3) is 0 Å². The Bertz CT molecular complexity index is 557. The molecule has 98 valence electrons. The van der Waals surface area contributed by atoms with Gasteiger partial charge >= 0.3 is 0 Å². The number of benzene rings is 1. The number of rotatable bonds is 6. The van der Waals surface area contributed by atoms with Crippen LogP contribution in [0.2, 0.25) is 0 Å². The van der Waals surface area contributed by atoms with Crippen molar-refractivity contribution in [1.29, 1.82) is 5.26 Å². The summed E-state index contributed by atoms with van der Waals surface area (Å²) in [6.07, 6.45) is 4.35. The number of anilines is 1. The van der Waals surface area contributed by atoms with Crippen LogP contribution in [0.3, 0.4) is 0 Å². The Morgan fingerprint density at radius 2 is 2.37 bits per heavy atom. The number of aromatic amines is 1. The predicted molar refractivity (Wildman–Crippen MR) is 78.3 cm³/mol. The van der Waals surface area contributed by atoms with Crippen LogP contribution >= 0.6 is 11.8 Å². The highest BCUT2D eigenvalue weighted by atomic mass is 32.2. The summed E-state index contributed by atoms with van der Waals surface area (Å²) in [6.45, 7) is 2.86. The average molecular weight is 272 g/mol. The first kappa shape index (κ1) is 13.5. The molecule has 2 rings (SSSR count). The second-order valence-electron chi connectivity index (χ2n) is 3.98. The Morgan fingerprint density at radius 3 is 3.05 bits per heavy atom. The van der Waals surface area contributed by atoms with Gasteiger partial charge in [-0.3, -0.25) is 0 Å². The summed E-state index contributed by atoms with van der Waals surface area (Å²) in [5.41, 5.74) is 2.73. The highest BCUT2D eigenvalue weighted by Gasteiger charge is 2.07. The minimum Gasteiger partial charge on any atom is -0.384 e. The summed E-state index contributed by atoms with van der Waals surface area (Å²) < 4.78 is 0. The number of hydrogen-bond acceptors (Lipinski definition) is 4. The van der Waals surface area contributed by atoms with Crippen molar-refractivity contribution in [2.24, 2.45) is 0 Å². The molecule has 5 heteroatoms. The first-order valence-corrected chi connectivity index (χ1v) is 7.20. The molecule has 0 amide bonds. The number of nitrogens with zero attached hydrogens (tertiary/aromatic N) is 2. The summed E-state index contributed by atoms with van der Waals surface area (Å²) in [6, 6.07) is 8.22. The van der Waals surface area contributed by atoms with Crippen LogP contribution in [0.15, 0.2) is 35.6 Å². The van der Waals surface area contributed by atoms with Gasteiger partial charge in [0.15, 0.2) is 0 Å². The van der Waals surface area contributed by atoms with E-state index < -0.39 is 0 Å². The van der Waals surface area contributed by atoms with Gasteiger partial charge in [-0.05, 0) is 17.9 Å². The second-order valence-corrected chi connectivity index (χ2v) is 5.28. The summed E-state index contributed by atoms with van der Waals surface area (Å²) in [5, 5.41) is 12.6. The van der Waals surface area contributed by atoms with Crippen molar-refractivity contribution in [2.75, 3.05) is 17.6 Å². The molecule has 0 unspecified atom stereocenters. The zero-order valence-corrected chi connectivity index (χ0v) is 11.6. The fraction of sp³-hybridized carbons (Fsp3) is 0.286. The van der Waals surface area contributed by atoms with E-state index in [-0.39, 0.29) is 0 Å². The largest absolute Gasteiger partial charge is 0.384 e. The van der Waals surface area contributed by atoms with Gasteiger partial charge in [0, 0.05) is 29.8 Å². The highest BCUT2D eigenvalue weighted by molar-refractivity contribution is 7.99. The van der Waals surface area contributed by atoms with Gasteiger partial charge in [0.25, 0.3) is 0 Å². The molecule has 0 aliphatic carbocycles. The number of imidazole rings is 1. The number of H-pyrrole nitrogens is 1. The number of nitriles is 1. The molecule has 0 radical (unpaired) electrons. The lowest BCUT2D eigenvalue weighted by Gasteiger charge is -2.10. The lowest BCUT2D eigenvalue weighted by atomic mass is 10.2. The zero-order chi connectivity index (χ0) is 13.5. The van der Waals surface area contributed by atoms with E-state index in [0.29, 0.717) is 0 Å². The number of nitrogens with one attached hydrogen (secondary N) is 2. The number of thioether (sulfide) groups is 1. The molecule has 1 aromatic carbocycles. The Balaban J connectivity index is 2.03. The standard InChI is InChI=1S/C14H16N4S/c1-2-19-14-5-3-4-13(12(14)8-15)17-7-6-11-9-16-10-18-11/h3-5,9-10,17H,2,6-7H2,1H3,(H,16,18). The normalized spacial score (nSPS) is 10.1. The smallest absolute Gasteiger partial charge is 0.102 e. The highest BCUT2D eigenvalue weighted by Crippen LogP contribution is 2.27. The monoisotopic (exact) mass is 272 g/mol. The molecule has 0 bridgehead atoms. The summed E-state index contributed by atoms with van der Waals surface area (Å²) in [5.74, 6) is 0.965. The van der Waals surface area contributed by atoms with Crippen LogP contribution in [-0.4, -0.2) is 22.3 Å². The van der Waals surface area contributed by atoms with Crippen LogP contribution in [0.5, 0.6) is 0 Å². The average Bonchev–Trinajstić information content (AvgIpc) is 2.93. The molecule has 0 spiro atoms. The summed E-state index contributed by atoms with van der Waals surface area (Å²) in [7, 11) is 0. The van der Waals surface area contributed by atoms with E-state index >= 15 is 0 Å². The van der Waals surface area contributed by atoms with Gasteiger partial charge < -0.3 is 10.3 Å². The molecule has 19 heavy (non-hydrogen) atoms. The van der Waals surface area contributed by atoms with E-state index in [0.717, 1.165) is 40.6 Å². The lowest BCUT2D eigenvalue weighted by Crippen LogP contribution is -2.06. The van der Waals surface area contributed by atoms with Gasteiger partial charge in [-0.15, -0.1) is 11.8 Å². The molecule has 0 fully saturated rings. The van der Waals surface area contributed by atoms with Gasteiger partial charge in [-0.1, -0.05) is 13.0 Å². The topological polar surface area (TPSA) is 64.5 Å². The van der Waals surface area contributed by atoms with Crippen LogP contribution in [0, 0.1) is 11.3 Å². The minimum absolute atomic E-state index is 0.735. The lowest BCUT2D eigenvalue weighted by molar-refractivity contribution is 0.975. The molecule has 1 heterocycles. The van der Waals surface area contributed by atoms with Crippen molar-refractivity contribution in [3.63, 3.8) is 0 Å². The molecule has 0 aliphatic heterocycles. The van der Waals surface area contributed by atoms with Gasteiger partial charge in [0.05, 0.1) is 17.6 Å². The van der Waals surface area contributed by atoms with Crippen molar-refractivity contribution < 1.29 is 0 Å². The van der Waals surface area contributed by atoms with Crippen molar-refractivity contribution in [3.05, 3.63) is 42.0 Å². The van der Waals surface area contributed by atoms with E-state index in [1.807, 2.05) is 24.4 Å². The van der Waals surface area contributed by atoms with Crippen molar-refractivity contribution >= 4 is 17.4 Å². The molecular weight excluding hydrogens is 256 g/mol. The molecular formula is C14H16N4S. The van der Waals surface area contributed by atoms with Crippen LogP contribution in [-0.2, 0) is 6.42 Å². The quantitative estimate of drug-likeness (QED) is 0.793. The fourth-order valence-electron chi connectivity index (χ4n) is 1.82. The van der Waals surface area contributed by atoms with E-state index in [4.69, 9.17) is 0 Å². The molecule has 0 saturated carbocycles. The summed E-state index contributed by atoms with van der Waals surface area (Å²) in [4.78, 5) is 8.08.